The molecule has 6 nitrogen and oxygen atoms in total. The molecule has 0 aliphatic carbocycles. The summed E-state index contributed by atoms with van der Waals surface area (Å²) < 4.78 is 10.2. The number of hydrogen-bond donors (Lipinski definition) is 0. The van der Waals surface area contributed by atoms with E-state index in [2.05, 4.69) is 0 Å². The monoisotopic (exact) mass is 315 g/mol. The summed E-state index contributed by atoms with van der Waals surface area (Å²) in [7, 11) is 1.59. The summed E-state index contributed by atoms with van der Waals surface area (Å²) in [6.07, 6.45) is 0.523. The number of nitro benzene ring substituents is 1. The zero-order valence-electron chi connectivity index (χ0n) is 12.9. The lowest BCUT2D eigenvalue weighted by Crippen LogP contribution is -2.11. The SMILES string of the molecule is COc1ccc(CCOC(=O)c2cccc(C)c2[N+](=O)[O-])cc1. The first-order valence-electron chi connectivity index (χ1n) is 7.07. The van der Waals surface area contributed by atoms with E-state index in [9.17, 15) is 14.9 Å². The molecular formula is C17H17NO5. The van der Waals surface area contributed by atoms with E-state index in [4.69, 9.17) is 9.47 Å². The molecule has 0 aliphatic rings. The Morgan fingerprint density at radius 1 is 1.17 bits per heavy atom. The van der Waals surface area contributed by atoms with Crippen LogP contribution in [0.3, 0.4) is 0 Å². The third-order valence-corrected chi connectivity index (χ3v) is 3.42. The molecule has 0 unspecified atom stereocenters. The van der Waals surface area contributed by atoms with E-state index in [1.165, 1.54) is 6.07 Å². The molecule has 2 aromatic rings. The molecule has 23 heavy (non-hydrogen) atoms. The van der Waals surface area contributed by atoms with Crippen molar-refractivity contribution in [3.63, 3.8) is 0 Å². The van der Waals surface area contributed by atoms with Gasteiger partial charge >= 0.3 is 5.97 Å². The maximum Gasteiger partial charge on any atom is 0.345 e. The van der Waals surface area contributed by atoms with Crippen molar-refractivity contribution in [2.45, 2.75) is 13.3 Å². The number of hydrogen-bond acceptors (Lipinski definition) is 5. The van der Waals surface area contributed by atoms with Crippen molar-refractivity contribution in [2.75, 3.05) is 13.7 Å². The fourth-order valence-electron chi connectivity index (χ4n) is 2.20. The fourth-order valence-corrected chi connectivity index (χ4v) is 2.20. The van der Waals surface area contributed by atoms with Gasteiger partial charge in [0.2, 0.25) is 0 Å². The predicted octanol–water partition coefficient (Wildman–Crippen LogP) is 3.31. The normalized spacial score (nSPS) is 10.2. The van der Waals surface area contributed by atoms with Gasteiger partial charge in [-0.05, 0) is 30.7 Å². The summed E-state index contributed by atoms with van der Waals surface area (Å²) >= 11 is 0. The van der Waals surface area contributed by atoms with Gasteiger partial charge in [-0.1, -0.05) is 24.3 Å². The first-order valence-corrected chi connectivity index (χ1v) is 7.07. The van der Waals surface area contributed by atoms with E-state index in [0.717, 1.165) is 11.3 Å². The van der Waals surface area contributed by atoms with Crippen LogP contribution in [0.4, 0.5) is 5.69 Å². The molecule has 0 fully saturated rings. The molecule has 2 rings (SSSR count). The van der Waals surface area contributed by atoms with Crippen LogP contribution in [0, 0.1) is 17.0 Å². The molecule has 0 aromatic heterocycles. The minimum absolute atomic E-state index is 0.0234. The first kappa shape index (κ1) is 16.5. The lowest BCUT2D eigenvalue weighted by Gasteiger charge is -2.07. The van der Waals surface area contributed by atoms with Crippen LogP contribution in [-0.2, 0) is 11.2 Å². The number of esters is 1. The van der Waals surface area contributed by atoms with Crippen LogP contribution in [0.1, 0.15) is 21.5 Å². The van der Waals surface area contributed by atoms with Crippen molar-refractivity contribution >= 4 is 11.7 Å². The van der Waals surface area contributed by atoms with Crippen molar-refractivity contribution in [3.8, 4) is 5.75 Å². The molecule has 0 N–H and O–H groups in total. The van der Waals surface area contributed by atoms with Crippen LogP contribution in [0.5, 0.6) is 5.75 Å². The number of methoxy groups -OCH3 is 1. The second-order valence-electron chi connectivity index (χ2n) is 4.96. The van der Waals surface area contributed by atoms with Crippen LogP contribution in [0.2, 0.25) is 0 Å². The summed E-state index contributed by atoms with van der Waals surface area (Å²) in [6, 6.07) is 12.0. The molecule has 6 heteroatoms. The van der Waals surface area contributed by atoms with Gasteiger partial charge in [-0.15, -0.1) is 0 Å². The van der Waals surface area contributed by atoms with E-state index in [1.807, 2.05) is 24.3 Å². The van der Waals surface area contributed by atoms with Gasteiger partial charge in [0.15, 0.2) is 0 Å². The molecule has 0 radical (unpaired) electrons. The van der Waals surface area contributed by atoms with E-state index < -0.39 is 10.9 Å². The lowest BCUT2D eigenvalue weighted by molar-refractivity contribution is -0.385. The van der Waals surface area contributed by atoms with Gasteiger partial charge in [0.05, 0.1) is 18.6 Å². The van der Waals surface area contributed by atoms with E-state index >= 15 is 0 Å². The lowest BCUT2D eigenvalue weighted by atomic mass is 10.1. The average Bonchev–Trinajstić information content (AvgIpc) is 2.54. The first-order chi connectivity index (χ1) is 11.0. The number of carbonyl (C=O) groups is 1. The number of carbonyl (C=O) groups excluding carboxylic acids is 1. The molecule has 2 aromatic carbocycles. The van der Waals surface area contributed by atoms with Crippen LogP contribution in [-0.4, -0.2) is 24.6 Å². The third-order valence-electron chi connectivity index (χ3n) is 3.42. The van der Waals surface area contributed by atoms with Crippen LogP contribution >= 0.6 is 0 Å². The summed E-state index contributed by atoms with van der Waals surface area (Å²) in [5.74, 6) is 0.0649. The molecule has 0 aliphatic heterocycles. The Kier molecular flexibility index (Phi) is 5.30. The standard InChI is InChI=1S/C17H17NO5/c1-12-4-3-5-15(16(12)18(20)21)17(19)23-11-10-13-6-8-14(22-2)9-7-13/h3-9H,10-11H2,1-2H3. The Hall–Kier alpha value is -2.89. The van der Waals surface area contributed by atoms with Crippen molar-refractivity contribution in [3.05, 3.63) is 69.3 Å². The molecular weight excluding hydrogens is 298 g/mol. The van der Waals surface area contributed by atoms with Gasteiger partial charge in [0, 0.05) is 12.0 Å². The Morgan fingerprint density at radius 2 is 1.87 bits per heavy atom. The zero-order chi connectivity index (χ0) is 16.8. The number of ether oxygens (including phenoxy) is 2. The van der Waals surface area contributed by atoms with Gasteiger partial charge in [-0.25, -0.2) is 4.79 Å². The van der Waals surface area contributed by atoms with Gasteiger partial charge in [0.25, 0.3) is 5.69 Å². The van der Waals surface area contributed by atoms with E-state index in [-0.39, 0.29) is 17.9 Å². The highest BCUT2D eigenvalue weighted by molar-refractivity contribution is 5.94. The van der Waals surface area contributed by atoms with Crippen molar-refractivity contribution < 1.29 is 19.2 Å². The topological polar surface area (TPSA) is 78.7 Å². The van der Waals surface area contributed by atoms with Crippen molar-refractivity contribution in [1.82, 2.24) is 0 Å². The molecule has 0 saturated carbocycles. The van der Waals surface area contributed by atoms with Crippen molar-refractivity contribution in [2.24, 2.45) is 0 Å². The van der Waals surface area contributed by atoms with Crippen LogP contribution in [0.25, 0.3) is 0 Å². The quantitative estimate of drug-likeness (QED) is 0.464. The summed E-state index contributed by atoms with van der Waals surface area (Å²) in [5.41, 5.74) is 1.18. The van der Waals surface area contributed by atoms with Gasteiger partial charge in [0.1, 0.15) is 11.3 Å². The number of para-hydroxylation sites is 1. The maximum atomic E-state index is 12.1. The summed E-state index contributed by atoms with van der Waals surface area (Å²) in [4.78, 5) is 22.6. The van der Waals surface area contributed by atoms with Crippen LogP contribution < -0.4 is 4.74 Å². The predicted molar refractivity (Wildman–Crippen MR) is 84.8 cm³/mol. The van der Waals surface area contributed by atoms with E-state index in [1.54, 1.807) is 26.2 Å². The highest BCUT2D eigenvalue weighted by Gasteiger charge is 2.23. The second-order valence-corrected chi connectivity index (χ2v) is 4.96. The smallest absolute Gasteiger partial charge is 0.345 e. The Balaban J connectivity index is 2.00. The zero-order valence-corrected chi connectivity index (χ0v) is 12.9. The Labute approximate surface area is 133 Å². The minimum atomic E-state index is -0.686. The maximum absolute atomic E-state index is 12.1. The molecule has 120 valence electrons. The largest absolute Gasteiger partial charge is 0.497 e. The van der Waals surface area contributed by atoms with E-state index in [0.29, 0.717) is 12.0 Å². The molecule has 0 bridgehead atoms. The average molecular weight is 315 g/mol. The Bertz CT molecular complexity index is 709. The molecule has 0 spiro atoms. The van der Waals surface area contributed by atoms with Crippen molar-refractivity contribution in [1.29, 1.82) is 0 Å². The molecule has 0 amide bonds. The van der Waals surface area contributed by atoms with Gasteiger partial charge in [-0.3, -0.25) is 10.1 Å². The summed E-state index contributed by atoms with van der Waals surface area (Å²) in [5, 5.41) is 11.1. The fraction of sp³-hybridized carbons (Fsp3) is 0.235. The molecule has 0 heterocycles. The summed E-state index contributed by atoms with van der Waals surface area (Å²) in [6.45, 7) is 1.74. The highest BCUT2D eigenvalue weighted by Crippen LogP contribution is 2.23. The Morgan fingerprint density at radius 3 is 2.48 bits per heavy atom. The minimum Gasteiger partial charge on any atom is -0.497 e. The van der Waals surface area contributed by atoms with Gasteiger partial charge < -0.3 is 9.47 Å². The number of aryl methyl sites for hydroxylation is 1. The second kappa shape index (κ2) is 7.40. The molecule has 0 atom stereocenters. The van der Waals surface area contributed by atoms with Gasteiger partial charge in [-0.2, -0.15) is 0 Å². The number of benzene rings is 2. The number of nitrogens with zero attached hydrogens (tertiary/aromatic N) is 1. The van der Waals surface area contributed by atoms with Crippen LogP contribution in [0.15, 0.2) is 42.5 Å². The molecule has 0 saturated heterocycles. The third kappa shape index (κ3) is 4.06. The highest BCUT2D eigenvalue weighted by atomic mass is 16.6. The number of nitro groups is 1. The number of rotatable bonds is 6.